The topological polar surface area (TPSA) is 196 Å². The Hall–Kier alpha value is -4.79. The van der Waals surface area contributed by atoms with Crippen molar-refractivity contribution in [2.24, 2.45) is 5.73 Å². The first-order valence-electron chi connectivity index (χ1n) is 11.8. The number of phenolic OH excluding ortho intramolecular Hbond substituents is 1. The van der Waals surface area contributed by atoms with Gasteiger partial charge in [0.1, 0.15) is 12.4 Å². The second kappa shape index (κ2) is 11.9. The van der Waals surface area contributed by atoms with E-state index in [9.17, 15) is 32.7 Å². The van der Waals surface area contributed by atoms with Crippen LogP contribution in [0.4, 0.5) is 18.9 Å². The van der Waals surface area contributed by atoms with Gasteiger partial charge in [-0.3, -0.25) is 25.2 Å². The molecule has 0 radical (unpaired) electrons. The van der Waals surface area contributed by atoms with Crippen LogP contribution in [0.3, 0.4) is 0 Å². The fourth-order valence-corrected chi connectivity index (χ4v) is 3.96. The number of halogens is 3. The molecule has 1 atom stereocenters. The molecule has 214 valence electrons. The average molecular weight is 564 g/mol. The van der Waals surface area contributed by atoms with Crippen molar-refractivity contribution in [3.63, 3.8) is 0 Å². The van der Waals surface area contributed by atoms with E-state index < -0.39 is 77.2 Å². The zero-order valence-corrected chi connectivity index (χ0v) is 21.7. The molecule has 0 bridgehead atoms. The second-order valence-corrected chi connectivity index (χ2v) is 9.04. The molecular formula is C25H28F3N7O5. The zero-order chi connectivity index (χ0) is 29.9. The number of carbonyl (C=O) groups excluding carboxylic acids is 3. The van der Waals surface area contributed by atoms with Crippen LogP contribution >= 0.6 is 0 Å². The van der Waals surface area contributed by atoms with Crippen molar-refractivity contribution in [3.8, 4) is 5.75 Å². The van der Waals surface area contributed by atoms with E-state index in [0.29, 0.717) is 0 Å². The first kappa shape index (κ1) is 29.8. The Morgan fingerprint density at radius 3 is 2.48 bits per heavy atom. The molecular weight excluding hydrogens is 535 g/mol. The van der Waals surface area contributed by atoms with Gasteiger partial charge in [0.05, 0.1) is 23.9 Å². The summed E-state index contributed by atoms with van der Waals surface area (Å²) in [5.41, 5.74) is 9.52. The molecule has 15 heteroatoms. The largest absolute Gasteiger partial charge is 0.504 e. The fraction of sp³-hybridized carbons (Fsp3) is 0.280. The predicted octanol–water partition coefficient (Wildman–Crippen LogP) is 0.833. The molecule has 2 aromatic rings. The molecule has 1 aliphatic heterocycles. The number of anilines is 1. The summed E-state index contributed by atoms with van der Waals surface area (Å²) in [6.07, 6.45) is 0.482. The molecule has 0 fully saturated rings. The number of nitrogens with one attached hydrogen (secondary N) is 4. The van der Waals surface area contributed by atoms with E-state index in [1.165, 1.54) is 31.5 Å². The lowest BCUT2D eigenvalue weighted by atomic mass is 10.0. The quantitative estimate of drug-likeness (QED) is 0.0760. The number of hydrogen-bond donors (Lipinski definition) is 7. The van der Waals surface area contributed by atoms with Crippen LogP contribution in [0.25, 0.3) is 5.70 Å². The highest BCUT2D eigenvalue weighted by Gasteiger charge is 2.33. The number of amidine groups is 1. The number of esters is 1. The third-order valence-corrected chi connectivity index (χ3v) is 5.78. The standard InChI is InChI=1S/C25H28F3N7O5/c1-10(2)34-23-24(38)35(15(8-33-23)11-4-12(25(39)40-3)6-13(29)5-11)9-16(36)32-7-14-18(26)20(28)17(22(30)31)21(37)19(14)27/h4-6,8,10,23,33-34,37H,7,9,29H2,1-3H3,(H3,30,31)(H,32,36). The molecule has 0 spiro atoms. The van der Waals surface area contributed by atoms with Gasteiger partial charge < -0.3 is 31.9 Å². The maximum atomic E-state index is 14.6. The summed E-state index contributed by atoms with van der Waals surface area (Å²) < 4.78 is 48.1. The predicted molar refractivity (Wildman–Crippen MR) is 138 cm³/mol. The van der Waals surface area contributed by atoms with Crippen LogP contribution in [-0.2, 0) is 20.9 Å². The van der Waals surface area contributed by atoms with Gasteiger partial charge in [-0.25, -0.2) is 18.0 Å². The molecule has 2 amide bonds. The minimum absolute atomic E-state index is 0.0828. The number of methoxy groups -OCH3 is 1. The number of nitrogen functional groups attached to an aromatic ring is 2. The summed E-state index contributed by atoms with van der Waals surface area (Å²) in [6, 6.07) is 4.08. The van der Waals surface area contributed by atoms with E-state index in [0.717, 1.165) is 4.90 Å². The van der Waals surface area contributed by atoms with Crippen LogP contribution in [0.2, 0.25) is 0 Å². The number of benzene rings is 2. The number of rotatable bonds is 9. The molecule has 0 aliphatic carbocycles. The van der Waals surface area contributed by atoms with Crippen molar-refractivity contribution in [1.29, 1.82) is 5.41 Å². The van der Waals surface area contributed by atoms with Crippen molar-refractivity contribution in [1.82, 2.24) is 20.9 Å². The number of aromatic hydroxyl groups is 1. The molecule has 1 heterocycles. The summed E-state index contributed by atoms with van der Waals surface area (Å²) in [6.45, 7) is 2.02. The van der Waals surface area contributed by atoms with E-state index in [1.807, 2.05) is 0 Å². The van der Waals surface area contributed by atoms with E-state index in [4.69, 9.17) is 21.6 Å². The third-order valence-electron chi connectivity index (χ3n) is 5.78. The number of nitrogens with two attached hydrogens (primary N) is 2. The van der Waals surface area contributed by atoms with Crippen molar-refractivity contribution in [2.45, 2.75) is 32.6 Å². The van der Waals surface area contributed by atoms with Crippen LogP contribution < -0.4 is 27.4 Å². The number of hydrogen-bond acceptors (Lipinski definition) is 9. The summed E-state index contributed by atoms with van der Waals surface area (Å²) in [4.78, 5) is 39.3. The lowest BCUT2D eigenvalue weighted by Gasteiger charge is -2.35. The monoisotopic (exact) mass is 563 g/mol. The smallest absolute Gasteiger partial charge is 0.337 e. The normalized spacial score (nSPS) is 15.0. The Morgan fingerprint density at radius 2 is 1.88 bits per heavy atom. The van der Waals surface area contributed by atoms with Gasteiger partial charge in [0.2, 0.25) is 5.91 Å². The van der Waals surface area contributed by atoms with E-state index in [1.54, 1.807) is 13.8 Å². The molecule has 3 rings (SSSR count). The molecule has 0 saturated carbocycles. The van der Waals surface area contributed by atoms with Gasteiger partial charge in [0.25, 0.3) is 5.91 Å². The Morgan fingerprint density at radius 1 is 1.20 bits per heavy atom. The van der Waals surface area contributed by atoms with Crippen molar-refractivity contribution < 1.29 is 37.4 Å². The van der Waals surface area contributed by atoms with E-state index >= 15 is 0 Å². The molecule has 1 unspecified atom stereocenters. The van der Waals surface area contributed by atoms with Crippen LogP contribution in [0.5, 0.6) is 5.75 Å². The maximum absolute atomic E-state index is 14.6. The Bertz CT molecular complexity index is 1380. The molecule has 12 nitrogen and oxygen atoms in total. The SMILES string of the molecule is COC(=O)c1cc(N)cc(C2=CNC(NC(C)C)C(=O)N2CC(=O)NCc2c(F)c(O)c(C(=N)N)c(F)c2F)c1. The zero-order valence-electron chi connectivity index (χ0n) is 21.7. The summed E-state index contributed by atoms with van der Waals surface area (Å²) in [5.74, 6) is -9.81. The minimum atomic E-state index is -1.76. The van der Waals surface area contributed by atoms with Gasteiger partial charge in [-0.15, -0.1) is 0 Å². The number of carbonyl (C=O) groups is 3. The highest BCUT2D eigenvalue weighted by molar-refractivity contribution is 5.99. The molecule has 40 heavy (non-hydrogen) atoms. The molecule has 1 aliphatic rings. The fourth-order valence-electron chi connectivity index (χ4n) is 3.96. The summed E-state index contributed by atoms with van der Waals surface area (Å²) >= 11 is 0. The van der Waals surface area contributed by atoms with E-state index in [-0.39, 0.29) is 28.6 Å². The second-order valence-electron chi connectivity index (χ2n) is 9.04. The number of amides is 2. The lowest BCUT2D eigenvalue weighted by molar-refractivity contribution is -0.135. The maximum Gasteiger partial charge on any atom is 0.337 e. The van der Waals surface area contributed by atoms with Gasteiger partial charge in [-0.05, 0) is 32.0 Å². The van der Waals surface area contributed by atoms with Gasteiger partial charge in [0.15, 0.2) is 29.4 Å². The Balaban J connectivity index is 1.92. The van der Waals surface area contributed by atoms with Crippen molar-refractivity contribution in [2.75, 3.05) is 19.4 Å². The third kappa shape index (κ3) is 6.09. The van der Waals surface area contributed by atoms with Crippen LogP contribution in [0.15, 0.2) is 24.4 Å². The summed E-state index contributed by atoms with van der Waals surface area (Å²) in [7, 11) is 1.18. The molecule has 0 aromatic heterocycles. The van der Waals surface area contributed by atoms with E-state index in [2.05, 4.69) is 16.0 Å². The average Bonchev–Trinajstić information content (AvgIpc) is 2.88. The first-order valence-corrected chi connectivity index (χ1v) is 11.8. The minimum Gasteiger partial charge on any atom is -0.504 e. The highest BCUT2D eigenvalue weighted by atomic mass is 19.2. The number of nitrogens with zero attached hydrogens (tertiary/aromatic N) is 1. The molecule has 0 saturated heterocycles. The van der Waals surface area contributed by atoms with Gasteiger partial charge in [-0.1, -0.05) is 0 Å². The van der Waals surface area contributed by atoms with Crippen LogP contribution in [0, 0.1) is 22.9 Å². The Kier molecular flexibility index (Phi) is 8.88. The Labute approximate surface area is 226 Å². The first-order chi connectivity index (χ1) is 18.8. The molecule has 9 N–H and O–H groups in total. The van der Waals surface area contributed by atoms with Gasteiger partial charge in [-0.2, -0.15) is 0 Å². The van der Waals surface area contributed by atoms with Crippen LogP contribution in [0.1, 0.15) is 40.9 Å². The van der Waals surface area contributed by atoms with Crippen molar-refractivity contribution in [3.05, 3.63) is 64.1 Å². The van der Waals surface area contributed by atoms with Gasteiger partial charge >= 0.3 is 5.97 Å². The molecule has 2 aromatic carbocycles. The van der Waals surface area contributed by atoms with Gasteiger partial charge in [0, 0.05) is 35.6 Å². The highest BCUT2D eigenvalue weighted by Crippen LogP contribution is 2.30. The number of ether oxygens (including phenoxy) is 1. The van der Waals surface area contributed by atoms with Crippen molar-refractivity contribution >= 4 is 35.0 Å². The number of phenols is 1. The summed E-state index contributed by atoms with van der Waals surface area (Å²) in [5, 5.41) is 25.1. The van der Waals surface area contributed by atoms with Crippen LogP contribution in [-0.4, -0.2) is 59.5 Å². The lowest BCUT2D eigenvalue weighted by Crippen LogP contribution is -2.58.